The summed E-state index contributed by atoms with van der Waals surface area (Å²) in [4.78, 5) is 19.2. The van der Waals surface area contributed by atoms with Crippen LogP contribution in [0.4, 0.5) is 11.8 Å². The van der Waals surface area contributed by atoms with E-state index in [1.165, 1.54) is 6.26 Å². The van der Waals surface area contributed by atoms with E-state index >= 15 is 0 Å². The lowest BCUT2D eigenvalue weighted by Crippen LogP contribution is -2.09. The fraction of sp³-hybridized carbons (Fsp3) is 0.182. The predicted octanol–water partition coefficient (Wildman–Crippen LogP) is 1.58. The number of halogens is 1. The molecule has 2 aromatic rings. The molecule has 0 saturated carbocycles. The van der Waals surface area contributed by atoms with Crippen LogP contribution < -0.4 is 16.4 Å². The van der Waals surface area contributed by atoms with Gasteiger partial charge in [0, 0.05) is 13.2 Å². The molecule has 0 aliphatic carbocycles. The number of carbonyl (C=O) groups is 1. The maximum absolute atomic E-state index is 10.9. The highest BCUT2D eigenvalue weighted by molar-refractivity contribution is 9.10. The van der Waals surface area contributed by atoms with Gasteiger partial charge in [0.25, 0.3) is 5.91 Å². The Labute approximate surface area is 117 Å². The first-order chi connectivity index (χ1) is 9.10. The van der Waals surface area contributed by atoms with Crippen molar-refractivity contribution < 1.29 is 9.21 Å². The average Bonchev–Trinajstić information content (AvgIpc) is 2.87. The normalized spacial score (nSPS) is 10.2. The molecule has 7 nitrogen and oxygen atoms in total. The van der Waals surface area contributed by atoms with Crippen LogP contribution >= 0.6 is 15.9 Å². The van der Waals surface area contributed by atoms with Crippen molar-refractivity contribution in [2.45, 2.75) is 6.54 Å². The lowest BCUT2D eigenvalue weighted by atomic mass is 10.3. The van der Waals surface area contributed by atoms with Gasteiger partial charge < -0.3 is 20.8 Å². The Morgan fingerprint density at radius 3 is 3.00 bits per heavy atom. The molecule has 0 unspecified atom stereocenters. The van der Waals surface area contributed by atoms with Gasteiger partial charge in [0.05, 0.1) is 16.6 Å². The highest BCUT2D eigenvalue weighted by Gasteiger charge is 2.07. The average molecular weight is 326 g/mol. The maximum atomic E-state index is 10.9. The van der Waals surface area contributed by atoms with E-state index in [9.17, 15) is 4.79 Å². The Bertz CT molecular complexity index is 599. The molecule has 8 heteroatoms. The fourth-order valence-corrected chi connectivity index (χ4v) is 1.79. The number of anilines is 2. The molecular formula is C11H12BrN5O2. The molecule has 0 saturated heterocycles. The predicted molar refractivity (Wildman–Crippen MR) is 73.8 cm³/mol. The molecule has 0 spiro atoms. The first-order valence-electron chi connectivity index (χ1n) is 5.41. The number of hydrogen-bond donors (Lipinski definition) is 3. The maximum Gasteiger partial charge on any atom is 0.251 e. The third kappa shape index (κ3) is 3.22. The van der Waals surface area contributed by atoms with Gasteiger partial charge in [-0.3, -0.25) is 4.79 Å². The van der Waals surface area contributed by atoms with Crippen LogP contribution in [-0.2, 0) is 6.54 Å². The Hall–Kier alpha value is -2.09. The number of nitrogens with one attached hydrogen (secondary N) is 2. The van der Waals surface area contributed by atoms with E-state index in [1.54, 1.807) is 19.3 Å². The van der Waals surface area contributed by atoms with E-state index in [2.05, 4.69) is 36.5 Å². The largest absolute Gasteiger partial charge is 0.467 e. The number of amides is 1. The zero-order chi connectivity index (χ0) is 13.8. The summed E-state index contributed by atoms with van der Waals surface area (Å²) < 4.78 is 5.96. The van der Waals surface area contributed by atoms with Gasteiger partial charge in [-0.25, -0.2) is 4.98 Å². The van der Waals surface area contributed by atoms with Crippen LogP contribution in [0, 0.1) is 0 Å². The molecule has 0 radical (unpaired) electrons. The van der Waals surface area contributed by atoms with E-state index in [1.807, 2.05) is 0 Å². The van der Waals surface area contributed by atoms with Gasteiger partial charge in [0.1, 0.15) is 17.8 Å². The zero-order valence-electron chi connectivity index (χ0n) is 10.1. The van der Waals surface area contributed by atoms with Crippen LogP contribution in [0.15, 0.2) is 27.4 Å². The molecule has 0 fully saturated rings. The second kappa shape index (κ2) is 5.70. The van der Waals surface area contributed by atoms with E-state index in [-0.39, 0.29) is 0 Å². The Kier molecular flexibility index (Phi) is 4.00. The van der Waals surface area contributed by atoms with Gasteiger partial charge >= 0.3 is 0 Å². The summed E-state index contributed by atoms with van der Waals surface area (Å²) in [5, 5.41) is 5.92. The van der Waals surface area contributed by atoms with E-state index in [0.29, 0.717) is 29.6 Å². The van der Waals surface area contributed by atoms with E-state index in [0.717, 1.165) is 4.47 Å². The highest BCUT2D eigenvalue weighted by atomic mass is 79.9. The number of furan rings is 1. The van der Waals surface area contributed by atoms with Gasteiger partial charge in [-0.1, -0.05) is 0 Å². The van der Waals surface area contributed by atoms with Crippen molar-refractivity contribution in [2.75, 3.05) is 17.7 Å². The van der Waals surface area contributed by atoms with Crippen molar-refractivity contribution in [3.05, 3.63) is 34.3 Å². The van der Waals surface area contributed by atoms with Crippen LogP contribution in [-0.4, -0.2) is 22.9 Å². The lowest BCUT2D eigenvalue weighted by molar-refractivity contribution is 0.0999. The lowest BCUT2D eigenvalue weighted by Gasteiger charge is -2.06. The van der Waals surface area contributed by atoms with Gasteiger partial charge in [-0.2, -0.15) is 4.98 Å². The highest BCUT2D eigenvalue weighted by Crippen LogP contribution is 2.19. The second-order valence-electron chi connectivity index (χ2n) is 3.66. The second-order valence-corrected chi connectivity index (χ2v) is 4.51. The molecule has 19 heavy (non-hydrogen) atoms. The van der Waals surface area contributed by atoms with Crippen LogP contribution in [0.2, 0.25) is 0 Å². The number of primary amides is 1. The fourth-order valence-electron chi connectivity index (χ4n) is 1.40. The molecule has 0 atom stereocenters. The Morgan fingerprint density at radius 2 is 2.37 bits per heavy atom. The van der Waals surface area contributed by atoms with E-state index in [4.69, 9.17) is 10.2 Å². The standard InChI is InChI=1S/C11H12BrN5O2/c1-14-10-8(12)4-16-11(17-10)15-3-7-2-6(5-19-7)9(13)18/h2,4-5H,3H2,1H3,(H2,13,18)(H2,14,15,16,17). The summed E-state index contributed by atoms with van der Waals surface area (Å²) in [5.41, 5.74) is 5.47. The third-order valence-corrected chi connectivity index (χ3v) is 2.92. The topological polar surface area (TPSA) is 106 Å². The Balaban J connectivity index is 2.03. The molecule has 100 valence electrons. The molecule has 2 heterocycles. The smallest absolute Gasteiger partial charge is 0.251 e. The number of aromatic nitrogens is 2. The van der Waals surface area contributed by atoms with Crippen molar-refractivity contribution in [1.82, 2.24) is 9.97 Å². The minimum atomic E-state index is -0.521. The minimum absolute atomic E-state index is 0.337. The molecular weight excluding hydrogens is 314 g/mol. The molecule has 4 N–H and O–H groups in total. The third-order valence-electron chi connectivity index (χ3n) is 2.34. The monoisotopic (exact) mass is 325 g/mol. The number of carbonyl (C=O) groups excluding carboxylic acids is 1. The van der Waals surface area contributed by atoms with E-state index < -0.39 is 5.91 Å². The van der Waals surface area contributed by atoms with Gasteiger partial charge in [0.2, 0.25) is 5.95 Å². The van der Waals surface area contributed by atoms with Gasteiger partial charge in [-0.05, 0) is 22.0 Å². The first-order valence-corrected chi connectivity index (χ1v) is 6.21. The van der Waals surface area contributed by atoms with Gasteiger partial charge in [-0.15, -0.1) is 0 Å². The summed E-state index contributed by atoms with van der Waals surface area (Å²) >= 11 is 3.32. The molecule has 1 amide bonds. The number of nitrogens with zero attached hydrogens (tertiary/aromatic N) is 2. The summed E-state index contributed by atoms with van der Waals surface area (Å²) in [7, 11) is 1.77. The molecule has 0 aromatic carbocycles. The van der Waals surface area contributed by atoms with Gasteiger partial charge in [0.15, 0.2) is 0 Å². The zero-order valence-corrected chi connectivity index (χ0v) is 11.7. The summed E-state index contributed by atoms with van der Waals surface area (Å²) in [6.07, 6.45) is 2.96. The number of hydrogen-bond acceptors (Lipinski definition) is 6. The Morgan fingerprint density at radius 1 is 1.58 bits per heavy atom. The number of nitrogens with two attached hydrogens (primary N) is 1. The summed E-state index contributed by atoms with van der Waals surface area (Å²) in [6, 6.07) is 1.58. The molecule has 2 rings (SSSR count). The summed E-state index contributed by atoms with van der Waals surface area (Å²) in [6.45, 7) is 0.359. The molecule has 0 aliphatic heterocycles. The quantitative estimate of drug-likeness (QED) is 0.770. The van der Waals surface area contributed by atoms with Crippen LogP contribution in [0.1, 0.15) is 16.1 Å². The summed E-state index contributed by atoms with van der Waals surface area (Å²) in [5.74, 6) is 1.18. The van der Waals surface area contributed by atoms with Crippen LogP contribution in [0.5, 0.6) is 0 Å². The molecule has 0 bridgehead atoms. The SMILES string of the molecule is CNc1nc(NCc2cc(C(N)=O)co2)ncc1Br. The molecule has 0 aliphatic rings. The number of rotatable bonds is 5. The van der Waals surface area contributed by atoms with Crippen molar-refractivity contribution >= 4 is 33.6 Å². The van der Waals surface area contributed by atoms with Crippen LogP contribution in [0.3, 0.4) is 0 Å². The van der Waals surface area contributed by atoms with Crippen molar-refractivity contribution in [2.24, 2.45) is 5.73 Å². The first kappa shape index (κ1) is 13.3. The van der Waals surface area contributed by atoms with Crippen LogP contribution in [0.25, 0.3) is 0 Å². The minimum Gasteiger partial charge on any atom is -0.467 e. The molecule has 2 aromatic heterocycles. The van der Waals surface area contributed by atoms with Crippen molar-refractivity contribution in [1.29, 1.82) is 0 Å². The van der Waals surface area contributed by atoms with Crippen molar-refractivity contribution in [3.8, 4) is 0 Å². The van der Waals surface area contributed by atoms with Crippen molar-refractivity contribution in [3.63, 3.8) is 0 Å².